The van der Waals surface area contributed by atoms with E-state index in [1.54, 1.807) is 4.70 Å². The molecule has 0 N–H and O–H groups in total. The Bertz CT molecular complexity index is 1230. The van der Waals surface area contributed by atoms with Gasteiger partial charge in [0.05, 0.1) is 5.56 Å². The number of unbranched alkanes of at least 4 members (excludes halogenated alkanes) is 6. The smallest absolute Gasteiger partial charge is 0.211 e. The summed E-state index contributed by atoms with van der Waals surface area (Å²) in [5.74, 6) is 0. The van der Waals surface area contributed by atoms with Gasteiger partial charge in [-0.1, -0.05) is 72.3 Å². The van der Waals surface area contributed by atoms with Crippen molar-refractivity contribution in [1.82, 2.24) is 0 Å². The van der Waals surface area contributed by atoms with Crippen LogP contribution in [-0.2, 0) is 12.8 Å². The monoisotopic (exact) mass is 613 g/mol. The fourth-order valence-corrected chi connectivity index (χ4v) is 7.07. The van der Waals surface area contributed by atoms with Crippen LogP contribution in [0.3, 0.4) is 0 Å². The predicted octanol–water partition coefficient (Wildman–Crippen LogP) is 12.0. The van der Waals surface area contributed by atoms with Crippen molar-refractivity contribution in [3.8, 4) is 0 Å². The maximum atomic E-state index is 12.4. The summed E-state index contributed by atoms with van der Waals surface area (Å²) in [6.45, 7) is 21.9. The van der Waals surface area contributed by atoms with Crippen LogP contribution in [0.25, 0.3) is 16.9 Å². The summed E-state index contributed by atoms with van der Waals surface area (Å²) in [6.07, 6.45) is 15.1. The third kappa shape index (κ3) is 9.33. The van der Waals surface area contributed by atoms with Gasteiger partial charge in [-0.05, 0) is 114 Å². The standard InChI is InChI=1S/C41H64N4/c1-9-17-20-23-32-26-33(24-21-18-10-2)28-34(27-32)41-39(25-22-19-11-3)38(12-4)40(45(41)42)35-29-36(43(13-5)14-6)31-37(30-35)44(15-7)16-8/h26-31H,9-25H2,1-8H3. The van der Waals surface area contributed by atoms with E-state index in [-0.39, 0.29) is 0 Å². The maximum absolute atomic E-state index is 12.4. The Morgan fingerprint density at radius 2 is 0.911 bits per heavy atom. The van der Waals surface area contributed by atoms with Gasteiger partial charge >= 0.3 is 0 Å². The lowest BCUT2D eigenvalue weighted by Gasteiger charge is -2.27. The second kappa shape index (κ2) is 18.9. The third-order valence-corrected chi connectivity index (χ3v) is 9.64. The van der Waals surface area contributed by atoms with Gasteiger partial charge in [0.25, 0.3) is 0 Å². The van der Waals surface area contributed by atoms with Gasteiger partial charge in [-0.25, -0.2) is 4.70 Å². The lowest BCUT2D eigenvalue weighted by atomic mass is 9.91. The molecule has 248 valence electrons. The van der Waals surface area contributed by atoms with E-state index < -0.39 is 0 Å². The number of hydrogen-bond acceptors (Lipinski definition) is 2. The van der Waals surface area contributed by atoms with E-state index in [0.717, 1.165) is 75.2 Å². The molecule has 0 radical (unpaired) electrons. The van der Waals surface area contributed by atoms with Crippen molar-refractivity contribution in [3.63, 3.8) is 0 Å². The Balaban J connectivity index is 2.23. The summed E-state index contributed by atoms with van der Waals surface area (Å²) >= 11 is 0. The van der Waals surface area contributed by atoms with Crippen LogP contribution in [0, 0.1) is 0 Å². The Morgan fingerprint density at radius 3 is 1.33 bits per heavy atom. The van der Waals surface area contributed by atoms with Crippen LogP contribution in [0.4, 0.5) is 11.4 Å². The molecule has 0 spiro atoms. The van der Waals surface area contributed by atoms with Crippen LogP contribution < -0.4 is 9.80 Å². The zero-order valence-corrected chi connectivity index (χ0v) is 30.3. The highest BCUT2D eigenvalue weighted by Gasteiger charge is 2.35. The van der Waals surface area contributed by atoms with Crippen LogP contribution in [0.5, 0.6) is 0 Å². The number of aryl methyl sites for hydroxylation is 2. The topological polar surface area (TPSA) is 31.8 Å². The SMILES string of the molecule is CCCCCC1=C(c2cc(CCCCC)cc(CCCCC)c2)[N+](=[N-])C(c2cc(N(CC)CC)cc(N(CC)CC)c2)=C1CC. The average molecular weight is 613 g/mol. The molecular weight excluding hydrogens is 548 g/mol. The van der Waals surface area contributed by atoms with E-state index in [4.69, 9.17) is 0 Å². The van der Waals surface area contributed by atoms with Crippen molar-refractivity contribution in [3.05, 3.63) is 75.3 Å². The van der Waals surface area contributed by atoms with E-state index in [0.29, 0.717) is 0 Å². The van der Waals surface area contributed by atoms with Gasteiger partial charge in [-0.15, -0.1) is 0 Å². The number of allylic oxidation sites excluding steroid dienone is 2. The van der Waals surface area contributed by atoms with Crippen LogP contribution >= 0.6 is 0 Å². The minimum absolute atomic E-state index is 0.896. The van der Waals surface area contributed by atoms with Crippen LogP contribution in [0.15, 0.2) is 47.5 Å². The molecule has 0 amide bonds. The van der Waals surface area contributed by atoms with Gasteiger partial charge in [0.1, 0.15) is 0 Å². The molecule has 0 unspecified atom stereocenters. The van der Waals surface area contributed by atoms with Crippen molar-refractivity contribution >= 4 is 22.8 Å². The molecule has 0 fully saturated rings. The van der Waals surface area contributed by atoms with Gasteiger partial charge < -0.3 is 15.3 Å². The largest absolute Gasteiger partial charge is 0.493 e. The first-order chi connectivity index (χ1) is 21.9. The van der Waals surface area contributed by atoms with Crippen molar-refractivity contribution in [2.45, 2.75) is 139 Å². The fourth-order valence-electron chi connectivity index (χ4n) is 7.07. The number of hydrogen-bond donors (Lipinski definition) is 0. The summed E-state index contributed by atoms with van der Waals surface area (Å²) in [4.78, 5) is 4.86. The normalized spacial score (nSPS) is 13.4. The van der Waals surface area contributed by atoms with Crippen molar-refractivity contribution < 1.29 is 4.70 Å². The molecule has 2 aromatic carbocycles. The summed E-state index contributed by atoms with van der Waals surface area (Å²) < 4.78 is 1.59. The van der Waals surface area contributed by atoms with Gasteiger partial charge in [0.15, 0.2) is 0 Å². The minimum Gasteiger partial charge on any atom is -0.493 e. The Hall–Kier alpha value is -2.88. The molecule has 3 rings (SSSR count). The quantitative estimate of drug-likeness (QED) is 0.104. The fraction of sp³-hybridized carbons (Fsp3) is 0.610. The van der Waals surface area contributed by atoms with E-state index in [9.17, 15) is 5.53 Å². The molecule has 1 aliphatic heterocycles. The van der Waals surface area contributed by atoms with Crippen LogP contribution in [0.1, 0.15) is 148 Å². The first-order valence-electron chi connectivity index (χ1n) is 18.6. The van der Waals surface area contributed by atoms with E-state index in [1.807, 2.05) is 0 Å². The lowest BCUT2D eigenvalue weighted by molar-refractivity contribution is -0.345. The first-order valence-corrected chi connectivity index (χ1v) is 18.6. The van der Waals surface area contributed by atoms with Gasteiger partial charge in [-0.2, -0.15) is 0 Å². The van der Waals surface area contributed by atoms with E-state index >= 15 is 0 Å². The van der Waals surface area contributed by atoms with Crippen molar-refractivity contribution in [1.29, 1.82) is 0 Å². The molecule has 1 aliphatic rings. The maximum Gasteiger partial charge on any atom is 0.211 e. The molecule has 1 heterocycles. The highest BCUT2D eigenvalue weighted by molar-refractivity contribution is 5.84. The van der Waals surface area contributed by atoms with E-state index in [1.165, 1.54) is 90.6 Å². The predicted molar refractivity (Wildman–Crippen MR) is 198 cm³/mol. The molecule has 0 saturated heterocycles. The molecular formula is C41H64N4. The number of rotatable bonds is 21. The zero-order chi connectivity index (χ0) is 32.8. The van der Waals surface area contributed by atoms with Crippen LogP contribution in [0.2, 0.25) is 0 Å². The molecule has 0 aliphatic carbocycles. The molecule has 4 heteroatoms. The zero-order valence-electron chi connectivity index (χ0n) is 30.3. The van der Waals surface area contributed by atoms with Crippen molar-refractivity contribution in [2.24, 2.45) is 0 Å². The molecule has 45 heavy (non-hydrogen) atoms. The second-order valence-electron chi connectivity index (χ2n) is 12.8. The average Bonchev–Trinajstić information content (AvgIpc) is 3.33. The highest BCUT2D eigenvalue weighted by Crippen LogP contribution is 2.45. The Kier molecular flexibility index (Phi) is 15.4. The third-order valence-electron chi connectivity index (χ3n) is 9.64. The van der Waals surface area contributed by atoms with E-state index in [2.05, 4.69) is 102 Å². The number of anilines is 2. The molecule has 0 atom stereocenters. The van der Waals surface area contributed by atoms with Gasteiger partial charge in [0, 0.05) is 54.3 Å². The van der Waals surface area contributed by atoms with Crippen molar-refractivity contribution in [2.75, 3.05) is 36.0 Å². The number of nitrogens with zero attached hydrogens (tertiary/aromatic N) is 4. The molecule has 0 aromatic heterocycles. The number of benzene rings is 2. The summed E-state index contributed by atoms with van der Waals surface area (Å²) in [6, 6.07) is 14.2. The molecule has 4 nitrogen and oxygen atoms in total. The van der Waals surface area contributed by atoms with Gasteiger partial charge in [-0.3, -0.25) is 0 Å². The van der Waals surface area contributed by atoms with Crippen LogP contribution in [-0.4, -0.2) is 30.9 Å². The molecule has 2 aromatic rings. The highest BCUT2D eigenvalue weighted by atomic mass is 15.2. The minimum atomic E-state index is 0.896. The Morgan fingerprint density at radius 1 is 0.489 bits per heavy atom. The Labute approximate surface area is 277 Å². The summed E-state index contributed by atoms with van der Waals surface area (Å²) in [7, 11) is 0. The van der Waals surface area contributed by atoms with Gasteiger partial charge in [0.2, 0.25) is 11.4 Å². The second-order valence-corrected chi connectivity index (χ2v) is 12.8. The first kappa shape index (κ1) is 36.6. The summed E-state index contributed by atoms with van der Waals surface area (Å²) in [5, 5.41) is 0. The molecule has 0 bridgehead atoms. The summed E-state index contributed by atoms with van der Waals surface area (Å²) in [5.41, 5.74) is 24.6. The lowest BCUT2D eigenvalue weighted by Crippen LogP contribution is -2.25. The molecule has 0 saturated carbocycles.